The molecule has 3 aliphatic heterocycles. The van der Waals surface area contributed by atoms with Gasteiger partial charge >= 0.3 is 0 Å². The minimum absolute atomic E-state index is 0. The van der Waals surface area contributed by atoms with E-state index >= 15 is 0 Å². The van der Waals surface area contributed by atoms with Crippen molar-refractivity contribution in [2.24, 2.45) is 16.8 Å². The van der Waals surface area contributed by atoms with Crippen molar-refractivity contribution in [2.75, 3.05) is 19.1 Å². The number of allylic oxidation sites excluding steroid dienone is 3. The number of halogens is 1. The lowest BCUT2D eigenvalue weighted by atomic mass is 9.74. The van der Waals surface area contributed by atoms with E-state index in [0.717, 1.165) is 41.5 Å². The number of carbonyl (C=O) groups is 1. The third-order valence-electron chi connectivity index (χ3n) is 5.61. The molecule has 1 aliphatic carbocycles. The van der Waals surface area contributed by atoms with Crippen LogP contribution >= 0.6 is 24.2 Å². The fourth-order valence-electron chi connectivity index (χ4n) is 4.29. The number of fused-ring (bicyclic) bond motifs is 1. The average Bonchev–Trinajstić information content (AvgIpc) is 3.29. The summed E-state index contributed by atoms with van der Waals surface area (Å²) in [5, 5.41) is 3.13. The van der Waals surface area contributed by atoms with Crippen LogP contribution in [0.2, 0.25) is 0 Å². The summed E-state index contributed by atoms with van der Waals surface area (Å²) in [4.78, 5) is 17.6. The van der Waals surface area contributed by atoms with Crippen LogP contribution in [0, 0.1) is 11.8 Å². The molecule has 1 aromatic carbocycles. The van der Waals surface area contributed by atoms with Gasteiger partial charge < -0.3 is 14.8 Å². The molecule has 0 bridgehead atoms. The summed E-state index contributed by atoms with van der Waals surface area (Å²) < 4.78 is 10.6. The van der Waals surface area contributed by atoms with Crippen LogP contribution in [0.3, 0.4) is 0 Å². The highest BCUT2D eigenvalue weighted by atomic mass is 35.5. The number of thioether (sulfide) groups is 1. The first-order valence-corrected chi connectivity index (χ1v) is 9.96. The second-order valence-electron chi connectivity index (χ2n) is 7.00. The van der Waals surface area contributed by atoms with E-state index in [9.17, 15) is 4.79 Å². The molecular formula is C20H21ClN2O3S. The van der Waals surface area contributed by atoms with Gasteiger partial charge in [0, 0.05) is 18.8 Å². The summed E-state index contributed by atoms with van der Waals surface area (Å²) in [7, 11) is 0. The van der Waals surface area contributed by atoms with E-state index in [2.05, 4.69) is 23.5 Å². The van der Waals surface area contributed by atoms with Crippen LogP contribution in [0.25, 0.3) is 0 Å². The van der Waals surface area contributed by atoms with Gasteiger partial charge in [0.2, 0.25) is 12.7 Å². The summed E-state index contributed by atoms with van der Waals surface area (Å²) in [6.07, 6.45) is 9.45. The maximum Gasteiger partial charge on any atom is 0.231 e. The first kappa shape index (κ1) is 18.4. The van der Waals surface area contributed by atoms with E-state index in [1.807, 2.05) is 36.0 Å². The molecule has 0 aromatic heterocycles. The molecule has 7 heteroatoms. The number of rotatable bonds is 3. The molecule has 0 radical (unpaired) electrons. The third-order valence-corrected chi connectivity index (χ3v) is 7.26. The van der Waals surface area contributed by atoms with Gasteiger partial charge in [0.1, 0.15) is 0 Å². The Kier molecular flexibility index (Phi) is 4.95. The molecular weight excluding hydrogens is 384 g/mol. The van der Waals surface area contributed by atoms with Crippen molar-refractivity contribution in [1.82, 2.24) is 5.32 Å². The van der Waals surface area contributed by atoms with Crippen LogP contribution in [-0.4, -0.2) is 35.5 Å². The van der Waals surface area contributed by atoms with Gasteiger partial charge in [-0.1, -0.05) is 24.3 Å². The summed E-state index contributed by atoms with van der Waals surface area (Å²) >= 11 is 1.87. The van der Waals surface area contributed by atoms with Gasteiger partial charge in [0.15, 0.2) is 11.5 Å². The zero-order valence-electron chi connectivity index (χ0n) is 14.7. The van der Waals surface area contributed by atoms with Crippen molar-refractivity contribution in [2.45, 2.75) is 17.7 Å². The Balaban J connectivity index is 0.00000180. The van der Waals surface area contributed by atoms with Crippen LogP contribution in [0.5, 0.6) is 11.5 Å². The minimum atomic E-state index is -0.103. The predicted molar refractivity (Wildman–Crippen MR) is 109 cm³/mol. The topological polar surface area (TPSA) is 59.9 Å². The Labute approximate surface area is 168 Å². The maximum atomic E-state index is 12.9. The Morgan fingerprint density at radius 1 is 1.30 bits per heavy atom. The molecule has 1 spiro atoms. The molecule has 2 unspecified atom stereocenters. The second kappa shape index (κ2) is 7.24. The molecule has 3 heterocycles. The van der Waals surface area contributed by atoms with E-state index in [-0.39, 0.29) is 35.8 Å². The molecule has 4 aliphatic rings. The third kappa shape index (κ3) is 3.05. The number of hydrogen-bond donors (Lipinski definition) is 1. The first-order valence-electron chi connectivity index (χ1n) is 8.97. The van der Waals surface area contributed by atoms with E-state index in [1.54, 1.807) is 0 Å². The Bertz CT molecular complexity index is 854. The zero-order valence-corrected chi connectivity index (χ0v) is 16.4. The standard InChI is InChI=1S/C20H20N2O3S.ClH/c23-19(22-10-13-4-5-16-17(9-13)25-12-24-16)14-11-26-20-7-2-1-3-18(20)21-8-6-15(14)20;/h1-5,7,9,14-15H,6,8,10-12H2,(H,22,23);1H/t14-,15?,20?;/m0./s1. The molecule has 1 amide bonds. The molecule has 5 rings (SSSR count). The SMILES string of the molecule is Cl.O=C(NCc1ccc2c(c1)OCO2)[C@H]1CSC23C=CC=CC2=NCCC13. The lowest BCUT2D eigenvalue weighted by Crippen LogP contribution is -2.46. The van der Waals surface area contributed by atoms with Crippen LogP contribution < -0.4 is 14.8 Å². The smallest absolute Gasteiger partial charge is 0.231 e. The molecule has 27 heavy (non-hydrogen) atoms. The van der Waals surface area contributed by atoms with Crippen LogP contribution in [0.15, 0.2) is 47.5 Å². The molecule has 1 aromatic rings. The molecule has 3 atom stereocenters. The molecule has 1 N–H and O–H groups in total. The number of ether oxygens (including phenoxy) is 2. The van der Waals surface area contributed by atoms with Crippen molar-refractivity contribution in [3.63, 3.8) is 0 Å². The number of benzene rings is 1. The summed E-state index contributed by atoms with van der Waals surface area (Å²) in [5.41, 5.74) is 2.15. The molecule has 142 valence electrons. The predicted octanol–water partition coefficient (Wildman–Crippen LogP) is 3.14. The van der Waals surface area contributed by atoms with Crippen molar-refractivity contribution < 1.29 is 14.3 Å². The summed E-state index contributed by atoms with van der Waals surface area (Å²) in [6, 6.07) is 5.81. The van der Waals surface area contributed by atoms with E-state index < -0.39 is 0 Å². The molecule has 5 nitrogen and oxygen atoms in total. The monoisotopic (exact) mass is 404 g/mol. The fraction of sp³-hybridized carbons (Fsp3) is 0.400. The lowest BCUT2D eigenvalue weighted by Gasteiger charge is -2.38. The lowest BCUT2D eigenvalue weighted by molar-refractivity contribution is -0.125. The summed E-state index contributed by atoms with van der Waals surface area (Å²) in [6.45, 7) is 1.58. The van der Waals surface area contributed by atoms with Crippen LogP contribution in [0.4, 0.5) is 0 Å². The fourth-order valence-corrected chi connectivity index (χ4v) is 6.08. The average molecular weight is 405 g/mol. The molecule has 1 saturated heterocycles. The van der Waals surface area contributed by atoms with E-state index in [0.29, 0.717) is 12.5 Å². The van der Waals surface area contributed by atoms with E-state index in [4.69, 9.17) is 14.5 Å². The van der Waals surface area contributed by atoms with E-state index in [1.165, 1.54) is 0 Å². The number of amides is 1. The Morgan fingerprint density at radius 3 is 3.11 bits per heavy atom. The van der Waals surface area contributed by atoms with Gasteiger partial charge in [0.05, 0.1) is 16.4 Å². The quantitative estimate of drug-likeness (QED) is 0.840. The van der Waals surface area contributed by atoms with Crippen molar-refractivity contribution >= 4 is 35.8 Å². The van der Waals surface area contributed by atoms with Gasteiger partial charge in [-0.2, -0.15) is 0 Å². The van der Waals surface area contributed by atoms with Crippen molar-refractivity contribution in [1.29, 1.82) is 0 Å². The maximum absolute atomic E-state index is 12.9. The van der Waals surface area contributed by atoms with Gasteiger partial charge in [-0.3, -0.25) is 9.79 Å². The van der Waals surface area contributed by atoms with Crippen molar-refractivity contribution in [3.05, 3.63) is 48.1 Å². The van der Waals surface area contributed by atoms with Gasteiger partial charge in [0.25, 0.3) is 0 Å². The Hall–Kier alpha value is -1.92. The largest absolute Gasteiger partial charge is 0.454 e. The minimum Gasteiger partial charge on any atom is -0.454 e. The molecule has 1 fully saturated rings. The van der Waals surface area contributed by atoms with Crippen LogP contribution in [-0.2, 0) is 11.3 Å². The number of hydrogen-bond acceptors (Lipinski definition) is 5. The summed E-state index contributed by atoms with van der Waals surface area (Å²) in [5.74, 6) is 2.84. The van der Waals surface area contributed by atoms with Crippen molar-refractivity contribution in [3.8, 4) is 11.5 Å². The number of nitrogens with one attached hydrogen (secondary N) is 1. The highest BCUT2D eigenvalue weighted by molar-refractivity contribution is 8.02. The number of carbonyl (C=O) groups excluding carboxylic acids is 1. The second-order valence-corrected chi connectivity index (χ2v) is 8.29. The van der Waals surface area contributed by atoms with Gasteiger partial charge in [-0.15, -0.1) is 24.2 Å². The van der Waals surface area contributed by atoms with Crippen LogP contribution in [0.1, 0.15) is 12.0 Å². The number of aliphatic imine (C=N–C) groups is 1. The Morgan fingerprint density at radius 2 is 2.19 bits per heavy atom. The number of nitrogens with zero attached hydrogens (tertiary/aromatic N) is 1. The highest BCUT2D eigenvalue weighted by Crippen LogP contribution is 2.52. The highest BCUT2D eigenvalue weighted by Gasteiger charge is 2.53. The van der Waals surface area contributed by atoms with Gasteiger partial charge in [-0.05, 0) is 36.1 Å². The molecule has 0 saturated carbocycles. The first-order chi connectivity index (χ1) is 12.8. The normalized spacial score (nSPS) is 29.4. The van der Waals surface area contributed by atoms with Gasteiger partial charge in [-0.25, -0.2) is 0 Å². The zero-order chi connectivity index (χ0) is 17.6.